The van der Waals surface area contributed by atoms with Crippen LogP contribution in [0.4, 0.5) is 17.2 Å². The summed E-state index contributed by atoms with van der Waals surface area (Å²) in [4.78, 5) is 0. The number of ether oxygens (including phenoxy) is 1. The third-order valence-corrected chi connectivity index (χ3v) is 2.52. The highest BCUT2D eigenvalue weighted by Crippen LogP contribution is 2.25. The van der Waals surface area contributed by atoms with Crippen molar-refractivity contribution in [2.24, 2.45) is 7.05 Å². The summed E-state index contributed by atoms with van der Waals surface area (Å²) in [6.45, 7) is 2.00. The molecule has 90 valence electrons. The van der Waals surface area contributed by atoms with E-state index in [0.717, 1.165) is 11.3 Å². The minimum Gasteiger partial charge on any atom is -0.481 e. The van der Waals surface area contributed by atoms with Gasteiger partial charge in [0, 0.05) is 13.1 Å². The molecule has 3 N–H and O–H groups in total. The fourth-order valence-corrected chi connectivity index (χ4v) is 1.64. The van der Waals surface area contributed by atoms with Crippen LogP contribution in [0.2, 0.25) is 0 Å². The molecule has 0 unspecified atom stereocenters. The van der Waals surface area contributed by atoms with E-state index in [2.05, 4.69) is 10.4 Å². The van der Waals surface area contributed by atoms with E-state index in [1.54, 1.807) is 11.8 Å². The molecule has 0 saturated carbocycles. The third kappa shape index (κ3) is 2.33. The first-order chi connectivity index (χ1) is 8.10. The average molecular weight is 232 g/mol. The molecule has 0 saturated heterocycles. The van der Waals surface area contributed by atoms with Crippen molar-refractivity contribution in [1.29, 1.82) is 0 Å². The Balaban J connectivity index is 2.25. The summed E-state index contributed by atoms with van der Waals surface area (Å²) in [5, 5.41) is 7.42. The Hall–Kier alpha value is -2.17. The van der Waals surface area contributed by atoms with Gasteiger partial charge in [0.25, 0.3) is 0 Å². The van der Waals surface area contributed by atoms with E-state index in [1.165, 1.54) is 0 Å². The first-order valence-corrected chi connectivity index (χ1v) is 5.31. The van der Waals surface area contributed by atoms with Crippen molar-refractivity contribution in [3.8, 4) is 5.88 Å². The number of nitrogens with one attached hydrogen (secondary N) is 1. The van der Waals surface area contributed by atoms with Gasteiger partial charge in [-0.2, -0.15) is 5.10 Å². The van der Waals surface area contributed by atoms with E-state index in [9.17, 15) is 0 Å². The lowest BCUT2D eigenvalue weighted by Crippen LogP contribution is -1.98. The first-order valence-electron chi connectivity index (χ1n) is 5.31. The maximum atomic E-state index is 5.92. The van der Waals surface area contributed by atoms with Crippen LogP contribution in [0.5, 0.6) is 5.88 Å². The molecule has 2 rings (SSSR count). The van der Waals surface area contributed by atoms with Gasteiger partial charge >= 0.3 is 0 Å². The lowest BCUT2D eigenvalue weighted by atomic mass is 10.2. The molecule has 1 aromatic carbocycles. The zero-order valence-corrected chi connectivity index (χ0v) is 10.2. The van der Waals surface area contributed by atoms with Crippen molar-refractivity contribution in [2.75, 3.05) is 18.2 Å². The molecule has 0 atom stereocenters. The standard InChI is InChI=1S/C12H16N4O/c1-8-4-5-10(9(13)6-8)14-11-7-12(17-3)16(2)15-11/h4-7H,13H2,1-3H3,(H,14,15). The molecule has 0 bridgehead atoms. The smallest absolute Gasteiger partial charge is 0.213 e. The molecule has 17 heavy (non-hydrogen) atoms. The highest BCUT2D eigenvalue weighted by Gasteiger charge is 2.06. The van der Waals surface area contributed by atoms with Crippen LogP contribution in [-0.2, 0) is 7.05 Å². The lowest BCUT2D eigenvalue weighted by Gasteiger charge is -2.06. The van der Waals surface area contributed by atoms with E-state index < -0.39 is 0 Å². The number of aryl methyl sites for hydroxylation is 2. The Labute approximate surface area is 100 Å². The zero-order valence-electron chi connectivity index (χ0n) is 10.2. The molecule has 5 nitrogen and oxygen atoms in total. The number of nitrogen functional groups attached to an aromatic ring is 1. The van der Waals surface area contributed by atoms with Crippen molar-refractivity contribution >= 4 is 17.2 Å². The third-order valence-electron chi connectivity index (χ3n) is 2.52. The predicted octanol–water partition coefficient (Wildman–Crippen LogP) is 2.06. The fraction of sp³-hybridized carbons (Fsp3) is 0.250. The normalized spacial score (nSPS) is 10.3. The second-order valence-electron chi connectivity index (χ2n) is 3.91. The molecule has 1 aromatic heterocycles. The van der Waals surface area contributed by atoms with Crippen molar-refractivity contribution < 1.29 is 4.74 Å². The summed E-state index contributed by atoms with van der Waals surface area (Å²) in [6, 6.07) is 7.67. The molecule has 5 heteroatoms. The van der Waals surface area contributed by atoms with E-state index in [4.69, 9.17) is 10.5 Å². The molecule has 2 aromatic rings. The van der Waals surface area contributed by atoms with Crippen molar-refractivity contribution in [2.45, 2.75) is 6.92 Å². The fourth-order valence-electron chi connectivity index (χ4n) is 1.64. The number of nitrogens with two attached hydrogens (primary N) is 1. The number of aromatic nitrogens is 2. The molecule has 0 aliphatic heterocycles. The van der Waals surface area contributed by atoms with E-state index in [0.29, 0.717) is 17.4 Å². The van der Waals surface area contributed by atoms with Gasteiger partial charge in [0.1, 0.15) is 0 Å². The Morgan fingerprint density at radius 2 is 2.12 bits per heavy atom. The van der Waals surface area contributed by atoms with E-state index >= 15 is 0 Å². The van der Waals surface area contributed by atoms with Gasteiger partial charge in [-0.15, -0.1) is 0 Å². The second kappa shape index (κ2) is 4.37. The largest absolute Gasteiger partial charge is 0.481 e. The Morgan fingerprint density at radius 3 is 2.71 bits per heavy atom. The van der Waals surface area contributed by atoms with E-state index in [1.807, 2.05) is 38.2 Å². The van der Waals surface area contributed by atoms with Crippen molar-refractivity contribution in [1.82, 2.24) is 9.78 Å². The van der Waals surface area contributed by atoms with Crippen LogP contribution in [0.15, 0.2) is 24.3 Å². The summed E-state index contributed by atoms with van der Waals surface area (Å²) in [6.07, 6.45) is 0. The summed E-state index contributed by atoms with van der Waals surface area (Å²) in [5.41, 5.74) is 8.60. The van der Waals surface area contributed by atoms with Gasteiger partial charge in [0.15, 0.2) is 5.82 Å². The minimum atomic E-state index is 0.693. The number of anilines is 3. The van der Waals surface area contributed by atoms with Gasteiger partial charge in [0.2, 0.25) is 5.88 Å². The van der Waals surface area contributed by atoms with Crippen molar-refractivity contribution in [3.63, 3.8) is 0 Å². The van der Waals surface area contributed by atoms with Gasteiger partial charge < -0.3 is 15.8 Å². The number of benzene rings is 1. The second-order valence-corrected chi connectivity index (χ2v) is 3.91. The van der Waals surface area contributed by atoms with Crippen LogP contribution in [0, 0.1) is 6.92 Å². The van der Waals surface area contributed by atoms with Crippen LogP contribution in [0.25, 0.3) is 0 Å². The molecule has 0 radical (unpaired) electrons. The molecule has 0 spiro atoms. The molecule has 0 aliphatic rings. The summed E-state index contributed by atoms with van der Waals surface area (Å²) < 4.78 is 6.80. The van der Waals surface area contributed by atoms with Crippen LogP contribution in [0.1, 0.15) is 5.56 Å². The molecular weight excluding hydrogens is 216 g/mol. The highest BCUT2D eigenvalue weighted by molar-refractivity contribution is 5.72. The topological polar surface area (TPSA) is 65.1 Å². The molecule has 1 heterocycles. The quantitative estimate of drug-likeness (QED) is 0.795. The molecule has 0 fully saturated rings. The van der Waals surface area contributed by atoms with Gasteiger partial charge in [-0.1, -0.05) is 6.07 Å². The van der Waals surface area contributed by atoms with E-state index in [-0.39, 0.29) is 0 Å². The number of methoxy groups -OCH3 is 1. The van der Waals surface area contributed by atoms with Crippen molar-refractivity contribution in [3.05, 3.63) is 29.8 Å². The molecule has 0 aliphatic carbocycles. The number of nitrogens with zero attached hydrogens (tertiary/aromatic N) is 2. The number of hydrogen-bond acceptors (Lipinski definition) is 4. The van der Waals surface area contributed by atoms with Gasteiger partial charge in [-0.05, 0) is 24.6 Å². The number of hydrogen-bond donors (Lipinski definition) is 2. The zero-order chi connectivity index (χ0) is 12.4. The highest BCUT2D eigenvalue weighted by atomic mass is 16.5. The summed E-state index contributed by atoms with van der Waals surface area (Å²) in [5.74, 6) is 1.40. The molecule has 0 amide bonds. The average Bonchev–Trinajstić information content (AvgIpc) is 2.63. The molecular formula is C12H16N4O. The van der Waals surface area contributed by atoms with Gasteiger partial charge in [-0.3, -0.25) is 0 Å². The SMILES string of the molecule is COc1cc(Nc2ccc(C)cc2N)nn1C. The maximum Gasteiger partial charge on any atom is 0.213 e. The predicted molar refractivity (Wildman–Crippen MR) is 68.6 cm³/mol. The number of rotatable bonds is 3. The Kier molecular flexibility index (Phi) is 2.91. The Morgan fingerprint density at radius 1 is 1.35 bits per heavy atom. The minimum absolute atomic E-state index is 0.693. The van der Waals surface area contributed by atoms with Crippen LogP contribution >= 0.6 is 0 Å². The van der Waals surface area contributed by atoms with Crippen LogP contribution in [0.3, 0.4) is 0 Å². The summed E-state index contributed by atoms with van der Waals surface area (Å²) in [7, 11) is 3.43. The van der Waals surface area contributed by atoms with Crippen LogP contribution in [-0.4, -0.2) is 16.9 Å². The van der Waals surface area contributed by atoms with Gasteiger partial charge in [0.05, 0.1) is 18.5 Å². The lowest BCUT2D eigenvalue weighted by molar-refractivity contribution is 0.373. The Bertz CT molecular complexity index is 533. The monoisotopic (exact) mass is 232 g/mol. The maximum absolute atomic E-state index is 5.92. The van der Waals surface area contributed by atoms with Gasteiger partial charge in [-0.25, -0.2) is 4.68 Å². The summed E-state index contributed by atoms with van der Waals surface area (Å²) >= 11 is 0. The van der Waals surface area contributed by atoms with Crippen LogP contribution < -0.4 is 15.8 Å². The first kappa shape index (κ1) is 11.3.